The summed E-state index contributed by atoms with van der Waals surface area (Å²) in [7, 11) is 0. The molecule has 1 saturated carbocycles. The molecule has 0 radical (unpaired) electrons. The van der Waals surface area contributed by atoms with Crippen molar-refractivity contribution in [1.82, 2.24) is 10.1 Å². The van der Waals surface area contributed by atoms with E-state index in [1.165, 1.54) is 5.56 Å². The molecule has 6 nitrogen and oxygen atoms in total. The van der Waals surface area contributed by atoms with Crippen LogP contribution in [0, 0.1) is 6.92 Å². The highest BCUT2D eigenvalue weighted by Gasteiger charge is 2.39. The summed E-state index contributed by atoms with van der Waals surface area (Å²) in [5.74, 6) is 1.15. The summed E-state index contributed by atoms with van der Waals surface area (Å²) in [4.78, 5) is 18.7. The van der Waals surface area contributed by atoms with Crippen LogP contribution >= 0.6 is 0 Å². The van der Waals surface area contributed by atoms with Crippen molar-refractivity contribution >= 4 is 11.6 Å². The molecule has 0 spiro atoms. The van der Waals surface area contributed by atoms with E-state index >= 15 is 0 Å². The van der Waals surface area contributed by atoms with Crippen LogP contribution in [0.1, 0.15) is 55.3 Å². The number of nitrogens with zero attached hydrogens (tertiary/aromatic N) is 3. The molecule has 1 aromatic carbocycles. The second-order valence-electron chi connectivity index (χ2n) is 7.06. The summed E-state index contributed by atoms with van der Waals surface area (Å²) in [6.45, 7) is 2.60. The van der Waals surface area contributed by atoms with Crippen LogP contribution in [0.2, 0.25) is 0 Å². The van der Waals surface area contributed by atoms with Crippen molar-refractivity contribution in [2.24, 2.45) is 5.73 Å². The van der Waals surface area contributed by atoms with Crippen molar-refractivity contribution in [3.63, 3.8) is 0 Å². The second-order valence-corrected chi connectivity index (χ2v) is 7.06. The molecule has 1 saturated heterocycles. The van der Waals surface area contributed by atoms with E-state index in [2.05, 4.69) is 10.1 Å². The van der Waals surface area contributed by atoms with E-state index in [4.69, 9.17) is 10.3 Å². The van der Waals surface area contributed by atoms with Crippen LogP contribution in [0.3, 0.4) is 0 Å². The number of carbonyl (C=O) groups excluding carboxylic acids is 1. The van der Waals surface area contributed by atoms with E-state index in [1.54, 1.807) is 4.90 Å². The molecule has 1 aliphatic heterocycles. The van der Waals surface area contributed by atoms with Gasteiger partial charge in [-0.2, -0.15) is 4.98 Å². The second kappa shape index (κ2) is 5.70. The van der Waals surface area contributed by atoms with Gasteiger partial charge in [0.1, 0.15) is 0 Å². The predicted molar refractivity (Wildman–Crippen MR) is 89.5 cm³/mol. The van der Waals surface area contributed by atoms with Gasteiger partial charge in [-0.15, -0.1) is 0 Å². The normalized spacial score (nSPS) is 23.2. The molecule has 2 aromatic rings. The van der Waals surface area contributed by atoms with E-state index in [-0.39, 0.29) is 11.8 Å². The fourth-order valence-corrected chi connectivity index (χ4v) is 3.68. The van der Waals surface area contributed by atoms with Gasteiger partial charge >= 0.3 is 0 Å². The molecule has 1 unspecified atom stereocenters. The number of hydrogen-bond acceptors (Lipinski definition) is 5. The summed E-state index contributed by atoms with van der Waals surface area (Å²) in [6, 6.07) is 7.97. The Morgan fingerprint density at radius 1 is 1.25 bits per heavy atom. The van der Waals surface area contributed by atoms with Crippen LogP contribution in [0.5, 0.6) is 0 Å². The zero-order chi connectivity index (χ0) is 16.7. The fourth-order valence-electron chi connectivity index (χ4n) is 3.68. The molecule has 24 heavy (non-hydrogen) atoms. The molecule has 1 aliphatic carbocycles. The molecule has 2 fully saturated rings. The Morgan fingerprint density at radius 2 is 1.96 bits per heavy atom. The van der Waals surface area contributed by atoms with Crippen LogP contribution in [-0.4, -0.2) is 22.6 Å². The highest BCUT2D eigenvalue weighted by Crippen LogP contribution is 2.36. The summed E-state index contributed by atoms with van der Waals surface area (Å²) >= 11 is 0. The van der Waals surface area contributed by atoms with Gasteiger partial charge in [0.05, 0.1) is 11.5 Å². The molecule has 126 valence electrons. The summed E-state index contributed by atoms with van der Waals surface area (Å²) in [5.41, 5.74) is 8.02. The minimum Gasteiger partial charge on any atom is -0.339 e. The summed E-state index contributed by atoms with van der Waals surface area (Å²) in [6.07, 6.45) is 4.39. The van der Waals surface area contributed by atoms with Crippen molar-refractivity contribution in [3.05, 3.63) is 41.5 Å². The molecule has 1 aromatic heterocycles. The van der Waals surface area contributed by atoms with E-state index in [1.807, 2.05) is 31.2 Å². The molecule has 2 heterocycles. The first-order chi connectivity index (χ1) is 11.5. The van der Waals surface area contributed by atoms with Gasteiger partial charge in [-0.25, -0.2) is 0 Å². The van der Waals surface area contributed by atoms with Crippen molar-refractivity contribution < 1.29 is 9.32 Å². The molecule has 4 rings (SSSR count). The Kier molecular flexibility index (Phi) is 3.64. The topological polar surface area (TPSA) is 85.2 Å². The van der Waals surface area contributed by atoms with Crippen LogP contribution in [0.25, 0.3) is 0 Å². The SMILES string of the molecule is Cc1ccc(N2CC(c3nc(C4(N)CCCC4)no3)CC2=O)cc1. The van der Waals surface area contributed by atoms with E-state index < -0.39 is 5.54 Å². The van der Waals surface area contributed by atoms with Gasteiger partial charge in [0, 0.05) is 18.7 Å². The van der Waals surface area contributed by atoms with Crippen molar-refractivity contribution in [1.29, 1.82) is 0 Å². The highest BCUT2D eigenvalue weighted by molar-refractivity contribution is 5.96. The van der Waals surface area contributed by atoms with Gasteiger partial charge in [-0.05, 0) is 31.9 Å². The fraction of sp³-hybridized carbons (Fsp3) is 0.500. The first-order valence-corrected chi connectivity index (χ1v) is 8.55. The number of aryl methyl sites for hydroxylation is 1. The summed E-state index contributed by atoms with van der Waals surface area (Å²) in [5, 5.41) is 4.11. The molecule has 2 aliphatic rings. The van der Waals surface area contributed by atoms with Crippen LogP contribution in [0.4, 0.5) is 5.69 Å². The zero-order valence-corrected chi connectivity index (χ0v) is 13.9. The van der Waals surface area contributed by atoms with E-state index in [0.29, 0.717) is 24.7 Å². The monoisotopic (exact) mass is 326 g/mol. The van der Waals surface area contributed by atoms with Gasteiger partial charge in [0.25, 0.3) is 0 Å². The van der Waals surface area contributed by atoms with Gasteiger partial charge < -0.3 is 15.2 Å². The number of aromatic nitrogens is 2. The molecule has 6 heteroatoms. The lowest BCUT2D eigenvalue weighted by molar-refractivity contribution is -0.117. The van der Waals surface area contributed by atoms with Crippen LogP contribution in [-0.2, 0) is 10.3 Å². The number of hydrogen-bond donors (Lipinski definition) is 1. The minimum absolute atomic E-state index is 0.0648. The Balaban J connectivity index is 1.53. The quantitative estimate of drug-likeness (QED) is 0.937. The maximum atomic E-state index is 12.4. The number of carbonyl (C=O) groups is 1. The number of benzene rings is 1. The smallest absolute Gasteiger partial charge is 0.232 e. The first-order valence-electron chi connectivity index (χ1n) is 8.55. The molecular formula is C18H22N4O2. The molecule has 2 N–H and O–H groups in total. The largest absolute Gasteiger partial charge is 0.339 e. The third-order valence-electron chi connectivity index (χ3n) is 5.20. The van der Waals surface area contributed by atoms with Crippen molar-refractivity contribution in [2.45, 2.75) is 50.5 Å². The third-order valence-corrected chi connectivity index (χ3v) is 5.20. The average molecular weight is 326 g/mol. The van der Waals surface area contributed by atoms with Crippen molar-refractivity contribution in [3.8, 4) is 0 Å². The Hall–Kier alpha value is -2.21. The standard InChI is InChI=1S/C18H22N4O2/c1-12-4-6-14(7-5-12)22-11-13(10-15(22)23)16-20-17(21-24-16)18(19)8-2-3-9-18/h4-7,13H,2-3,8-11,19H2,1H3. The molecule has 1 amide bonds. The Labute approximate surface area is 141 Å². The summed E-state index contributed by atoms with van der Waals surface area (Å²) < 4.78 is 5.46. The number of anilines is 1. The number of nitrogens with two attached hydrogens (primary N) is 1. The number of amides is 1. The lowest BCUT2D eigenvalue weighted by Gasteiger charge is -2.18. The minimum atomic E-state index is -0.457. The first kappa shape index (κ1) is 15.3. The van der Waals surface area contributed by atoms with Crippen molar-refractivity contribution in [2.75, 3.05) is 11.4 Å². The maximum Gasteiger partial charge on any atom is 0.232 e. The van der Waals surface area contributed by atoms with Gasteiger partial charge in [0.15, 0.2) is 5.82 Å². The van der Waals surface area contributed by atoms with Gasteiger partial charge in [-0.1, -0.05) is 35.7 Å². The van der Waals surface area contributed by atoms with E-state index in [0.717, 1.165) is 31.4 Å². The van der Waals surface area contributed by atoms with Gasteiger partial charge in [-0.3, -0.25) is 4.79 Å². The van der Waals surface area contributed by atoms with Crippen LogP contribution < -0.4 is 10.6 Å². The van der Waals surface area contributed by atoms with Gasteiger partial charge in [0.2, 0.25) is 11.8 Å². The Morgan fingerprint density at radius 3 is 2.67 bits per heavy atom. The highest BCUT2D eigenvalue weighted by atomic mass is 16.5. The zero-order valence-electron chi connectivity index (χ0n) is 13.9. The Bertz CT molecular complexity index is 747. The third kappa shape index (κ3) is 2.60. The predicted octanol–water partition coefficient (Wildman–Crippen LogP) is 2.63. The lowest BCUT2D eigenvalue weighted by atomic mass is 9.98. The molecule has 1 atom stereocenters. The van der Waals surface area contributed by atoms with Crippen LogP contribution in [0.15, 0.2) is 28.8 Å². The lowest BCUT2D eigenvalue weighted by Crippen LogP contribution is -2.34. The maximum absolute atomic E-state index is 12.4. The average Bonchev–Trinajstić information content (AvgIpc) is 3.28. The number of rotatable bonds is 3. The van der Waals surface area contributed by atoms with E-state index in [9.17, 15) is 4.79 Å². The molecular weight excluding hydrogens is 304 g/mol. The molecule has 0 bridgehead atoms.